The fourth-order valence-corrected chi connectivity index (χ4v) is 3.88. The maximum atomic E-state index is 13.6. The number of hydrogen-bond donors (Lipinski definition) is 0. The summed E-state index contributed by atoms with van der Waals surface area (Å²) in [5.41, 5.74) is 1.61. The third-order valence-corrected chi connectivity index (χ3v) is 5.35. The van der Waals surface area contributed by atoms with E-state index in [2.05, 4.69) is 4.98 Å². The second-order valence-corrected chi connectivity index (χ2v) is 7.22. The Morgan fingerprint density at radius 1 is 1.07 bits per heavy atom. The van der Waals surface area contributed by atoms with Gasteiger partial charge in [-0.05, 0) is 30.7 Å². The van der Waals surface area contributed by atoms with Crippen molar-refractivity contribution in [3.8, 4) is 22.9 Å². The molecule has 0 spiro atoms. The lowest BCUT2D eigenvalue weighted by molar-refractivity contribution is -0.137. The number of carbonyl (C=O) groups is 1. The maximum Gasteiger partial charge on any atom is 0.316 e. The summed E-state index contributed by atoms with van der Waals surface area (Å²) in [6.07, 6.45) is 0. The van der Waals surface area contributed by atoms with Crippen LogP contribution >= 0.6 is 11.8 Å². The number of aromatic nitrogens is 2. The van der Waals surface area contributed by atoms with Gasteiger partial charge < -0.3 is 18.9 Å². The van der Waals surface area contributed by atoms with Crippen LogP contribution in [-0.2, 0) is 9.53 Å². The molecule has 0 amide bonds. The van der Waals surface area contributed by atoms with E-state index in [-0.39, 0.29) is 17.1 Å². The largest absolute Gasteiger partial charge is 0.493 e. The number of ether oxygens (including phenoxy) is 4. The molecule has 0 aliphatic heterocycles. The lowest BCUT2D eigenvalue weighted by atomic mass is 10.2. The summed E-state index contributed by atoms with van der Waals surface area (Å²) < 4.78 is 22.5. The van der Waals surface area contributed by atoms with Crippen LogP contribution in [0.2, 0.25) is 0 Å². The normalized spacial score (nSPS) is 10.7. The minimum atomic E-state index is -0.426. The van der Waals surface area contributed by atoms with Crippen molar-refractivity contribution in [2.75, 3.05) is 34.2 Å². The first-order valence-corrected chi connectivity index (χ1v) is 9.96. The van der Waals surface area contributed by atoms with Gasteiger partial charge in [0.15, 0.2) is 16.7 Å². The predicted molar refractivity (Wildman–Crippen MR) is 114 cm³/mol. The van der Waals surface area contributed by atoms with Crippen molar-refractivity contribution < 1.29 is 23.7 Å². The molecule has 0 fully saturated rings. The summed E-state index contributed by atoms with van der Waals surface area (Å²) in [7, 11) is 5.74. The van der Waals surface area contributed by atoms with E-state index in [4.69, 9.17) is 18.9 Å². The summed E-state index contributed by atoms with van der Waals surface area (Å²) in [6.45, 7) is 1.93. The molecule has 30 heavy (non-hydrogen) atoms. The zero-order valence-corrected chi connectivity index (χ0v) is 18.2. The van der Waals surface area contributed by atoms with Crippen LogP contribution in [0.3, 0.4) is 0 Å². The van der Waals surface area contributed by atoms with E-state index in [0.717, 1.165) is 17.3 Å². The van der Waals surface area contributed by atoms with Gasteiger partial charge in [0, 0.05) is 0 Å². The van der Waals surface area contributed by atoms with Gasteiger partial charge in [0.2, 0.25) is 5.75 Å². The summed E-state index contributed by atoms with van der Waals surface area (Å²) in [5, 5.41) is 0.627. The van der Waals surface area contributed by atoms with Crippen molar-refractivity contribution in [2.24, 2.45) is 0 Å². The van der Waals surface area contributed by atoms with Gasteiger partial charge in [-0.2, -0.15) is 0 Å². The Hall–Kier alpha value is -3.20. The molecule has 9 heteroatoms. The van der Waals surface area contributed by atoms with Gasteiger partial charge in [-0.25, -0.2) is 4.98 Å². The van der Waals surface area contributed by atoms with E-state index < -0.39 is 5.97 Å². The number of thioether (sulfide) groups is 1. The van der Waals surface area contributed by atoms with Crippen molar-refractivity contribution in [3.05, 3.63) is 46.2 Å². The van der Waals surface area contributed by atoms with E-state index in [0.29, 0.717) is 33.2 Å². The number of fused-ring (bicyclic) bond motifs is 1. The summed E-state index contributed by atoms with van der Waals surface area (Å²) in [6, 6.07) is 9.04. The zero-order chi connectivity index (χ0) is 21.8. The molecular weight excluding hydrogens is 408 g/mol. The van der Waals surface area contributed by atoms with Crippen LogP contribution in [-0.4, -0.2) is 49.7 Å². The molecule has 0 radical (unpaired) electrons. The summed E-state index contributed by atoms with van der Waals surface area (Å²) in [5.74, 6) is 0.531. The SMILES string of the molecule is COC(=O)CSc1nc2c(OC)c(OC)c(OC)cc2c(=O)n1-c1cccc(C)c1. The van der Waals surface area contributed by atoms with E-state index in [1.807, 2.05) is 31.2 Å². The van der Waals surface area contributed by atoms with Crippen molar-refractivity contribution in [2.45, 2.75) is 12.1 Å². The Morgan fingerprint density at radius 3 is 2.40 bits per heavy atom. The van der Waals surface area contributed by atoms with Crippen LogP contribution in [0.1, 0.15) is 5.56 Å². The Morgan fingerprint density at radius 2 is 1.80 bits per heavy atom. The first kappa shape index (κ1) is 21.5. The highest BCUT2D eigenvalue weighted by Gasteiger charge is 2.23. The molecule has 3 aromatic rings. The van der Waals surface area contributed by atoms with Gasteiger partial charge >= 0.3 is 5.97 Å². The molecule has 0 N–H and O–H groups in total. The van der Waals surface area contributed by atoms with E-state index >= 15 is 0 Å². The van der Waals surface area contributed by atoms with Crippen molar-refractivity contribution in [1.82, 2.24) is 9.55 Å². The molecule has 8 nitrogen and oxygen atoms in total. The van der Waals surface area contributed by atoms with Crippen LogP contribution in [0.4, 0.5) is 0 Å². The molecule has 0 saturated heterocycles. The van der Waals surface area contributed by atoms with Gasteiger partial charge in [0.1, 0.15) is 5.52 Å². The standard InChI is InChI=1S/C21H22N2O6S/c1-12-7-6-8-13(9-12)23-20(25)14-10-15(26-2)18(28-4)19(29-5)17(14)22-21(23)30-11-16(24)27-3/h6-10H,11H2,1-5H3. The number of rotatable bonds is 7. The van der Waals surface area contributed by atoms with E-state index in [1.54, 1.807) is 6.07 Å². The molecule has 0 unspecified atom stereocenters. The smallest absolute Gasteiger partial charge is 0.316 e. The highest BCUT2D eigenvalue weighted by Crippen LogP contribution is 2.42. The van der Waals surface area contributed by atoms with E-state index in [9.17, 15) is 9.59 Å². The quantitative estimate of drug-likeness (QED) is 0.321. The summed E-state index contributed by atoms with van der Waals surface area (Å²) in [4.78, 5) is 29.9. The Balaban J connectivity index is 2.38. The molecule has 0 atom stereocenters. The average molecular weight is 430 g/mol. The molecule has 3 rings (SSSR count). The average Bonchev–Trinajstić information content (AvgIpc) is 2.76. The second-order valence-electron chi connectivity index (χ2n) is 6.28. The molecule has 1 aromatic heterocycles. The Bertz CT molecular complexity index is 1160. The molecule has 0 aliphatic rings. The topological polar surface area (TPSA) is 88.9 Å². The van der Waals surface area contributed by atoms with Crippen LogP contribution in [0.25, 0.3) is 16.6 Å². The van der Waals surface area contributed by atoms with E-state index in [1.165, 1.54) is 33.0 Å². The van der Waals surface area contributed by atoms with Gasteiger partial charge in [0.05, 0.1) is 45.3 Å². The number of methoxy groups -OCH3 is 4. The number of aryl methyl sites for hydroxylation is 1. The molecule has 0 aliphatic carbocycles. The third kappa shape index (κ3) is 3.93. The summed E-state index contributed by atoms with van der Waals surface area (Å²) >= 11 is 1.10. The van der Waals surface area contributed by atoms with Crippen LogP contribution in [0.15, 0.2) is 40.3 Å². The Labute approximate surface area is 177 Å². The first-order valence-electron chi connectivity index (χ1n) is 8.97. The zero-order valence-electron chi connectivity index (χ0n) is 17.3. The molecule has 0 bridgehead atoms. The fraction of sp³-hybridized carbons (Fsp3) is 0.286. The van der Waals surface area contributed by atoms with Gasteiger partial charge in [-0.1, -0.05) is 23.9 Å². The molecule has 1 heterocycles. The molecule has 158 valence electrons. The van der Waals surface area contributed by atoms with Crippen molar-refractivity contribution in [3.63, 3.8) is 0 Å². The first-order chi connectivity index (χ1) is 14.4. The maximum absolute atomic E-state index is 13.6. The number of hydrogen-bond acceptors (Lipinski definition) is 8. The number of esters is 1. The second kappa shape index (κ2) is 9.08. The number of carbonyl (C=O) groups excluding carboxylic acids is 1. The van der Waals surface area contributed by atoms with Crippen LogP contribution < -0.4 is 19.8 Å². The van der Waals surface area contributed by atoms with Crippen molar-refractivity contribution >= 4 is 28.6 Å². The minimum absolute atomic E-state index is 0.00410. The molecule has 2 aromatic carbocycles. The van der Waals surface area contributed by atoms with Gasteiger partial charge in [-0.3, -0.25) is 14.2 Å². The van der Waals surface area contributed by atoms with Crippen LogP contribution in [0.5, 0.6) is 17.2 Å². The minimum Gasteiger partial charge on any atom is -0.493 e. The highest BCUT2D eigenvalue weighted by molar-refractivity contribution is 7.99. The van der Waals surface area contributed by atoms with Gasteiger partial charge in [-0.15, -0.1) is 0 Å². The number of benzene rings is 2. The molecular formula is C21H22N2O6S. The lowest BCUT2D eigenvalue weighted by Crippen LogP contribution is -2.23. The lowest BCUT2D eigenvalue weighted by Gasteiger charge is -2.17. The third-order valence-electron chi connectivity index (χ3n) is 4.44. The predicted octanol–water partition coefficient (Wildman–Crippen LogP) is 2.99. The highest BCUT2D eigenvalue weighted by atomic mass is 32.2. The van der Waals surface area contributed by atoms with Crippen molar-refractivity contribution in [1.29, 1.82) is 0 Å². The van der Waals surface area contributed by atoms with Gasteiger partial charge in [0.25, 0.3) is 5.56 Å². The Kier molecular flexibility index (Phi) is 6.51. The fourth-order valence-electron chi connectivity index (χ4n) is 3.04. The monoisotopic (exact) mass is 430 g/mol. The number of nitrogens with zero attached hydrogens (tertiary/aromatic N) is 2. The van der Waals surface area contributed by atoms with Crippen LogP contribution in [0, 0.1) is 6.92 Å². The molecule has 0 saturated carbocycles.